The molecule has 0 aliphatic carbocycles. The van der Waals surface area contributed by atoms with E-state index in [1.54, 1.807) is 22.9 Å². The number of anilines is 1. The van der Waals surface area contributed by atoms with Crippen LogP contribution in [0.3, 0.4) is 0 Å². The van der Waals surface area contributed by atoms with Crippen LogP contribution in [0.2, 0.25) is 0 Å². The molecule has 5 heteroatoms. The zero-order valence-electron chi connectivity index (χ0n) is 12.9. The van der Waals surface area contributed by atoms with Gasteiger partial charge in [0.05, 0.1) is 6.54 Å². The third-order valence-corrected chi connectivity index (χ3v) is 3.40. The van der Waals surface area contributed by atoms with Gasteiger partial charge < -0.3 is 9.88 Å². The fraction of sp³-hybridized carbons (Fsp3) is 0.438. The van der Waals surface area contributed by atoms with Crippen LogP contribution >= 0.6 is 0 Å². The number of nitrogens with one attached hydrogen (secondary N) is 1. The van der Waals surface area contributed by atoms with Gasteiger partial charge in [-0.1, -0.05) is 19.4 Å². The van der Waals surface area contributed by atoms with Crippen molar-refractivity contribution in [1.82, 2.24) is 14.5 Å². The molecular formula is C16H22N4O. The number of hydrogen-bond acceptors (Lipinski definition) is 4. The van der Waals surface area contributed by atoms with Crippen LogP contribution in [-0.2, 0) is 6.54 Å². The van der Waals surface area contributed by atoms with E-state index in [-0.39, 0.29) is 5.56 Å². The van der Waals surface area contributed by atoms with Crippen molar-refractivity contribution in [3.63, 3.8) is 0 Å². The summed E-state index contributed by atoms with van der Waals surface area (Å²) in [6.07, 6.45) is 4.02. The molecule has 0 fully saturated rings. The van der Waals surface area contributed by atoms with Gasteiger partial charge in [0, 0.05) is 30.1 Å². The molecule has 0 bridgehead atoms. The first-order chi connectivity index (χ1) is 10.1. The van der Waals surface area contributed by atoms with Crippen LogP contribution in [0.5, 0.6) is 0 Å². The highest BCUT2D eigenvalue weighted by Crippen LogP contribution is 2.13. The molecule has 0 atom stereocenters. The topological polar surface area (TPSA) is 59.8 Å². The summed E-state index contributed by atoms with van der Waals surface area (Å²) in [5, 5.41) is 3.35. The van der Waals surface area contributed by atoms with Crippen LogP contribution in [0.1, 0.15) is 36.8 Å². The van der Waals surface area contributed by atoms with Crippen molar-refractivity contribution in [3.05, 3.63) is 51.8 Å². The van der Waals surface area contributed by atoms with Gasteiger partial charge >= 0.3 is 0 Å². The smallest absolute Gasteiger partial charge is 0.251 e. The first-order valence-electron chi connectivity index (χ1n) is 7.34. The van der Waals surface area contributed by atoms with Crippen LogP contribution in [0.4, 0.5) is 5.82 Å². The highest BCUT2D eigenvalue weighted by Gasteiger charge is 2.08. The first kappa shape index (κ1) is 15.2. The molecule has 0 unspecified atom stereocenters. The standard InChI is InChI=1S/C16H22N4O/c1-4-5-9-17-16-14(10-18-13(3)19-16)11-20-12(2)7-6-8-15(20)21/h6-8,10H,4-5,9,11H2,1-3H3,(H,17,18,19). The predicted molar refractivity (Wildman–Crippen MR) is 84.7 cm³/mol. The second kappa shape index (κ2) is 7.02. The highest BCUT2D eigenvalue weighted by atomic mass is 16.1. The number of nitrogens with zero attached hydrogens (tertiary/aromatic N) is 3. The van der Waals surface area contributed by atoms with E-state index >= 15 is 0 Å². The summed E-state index contributed by atoms with van der Waals surface area (Å²) in [7, 11) is 0. The van der Waals surface area contributed by atoms with Crippen molar-refractivity contribution in [1.29, 1.82) is 0 Å². The molecule has 0 aliphatic rings. The fourth-order valence-corrected chi connectivity index (χ4v) is 2.14. The Morgan fingerprint density at radius 2 is 2.10 bits per heavy atom. The number of unbranched alkanes of at least 4 members (excludes halogenated alkanes) is 1. The summed E-state index contributed by atoms with van der Waals surface area (Å²) in [6, 6.07) is 5.28. The lowest BCUT2D eigenvalue weighted by Crippen LogP contribution is -2.22. The van der Waals surface area contributed by atoms with Gasteiger partial charge in [-0.15, -0.1) is 0 Å². The van der Waals surface area contributed by atoms with E-state index < -0.39 is 0 Å². The van der Waals surface area contributed by atoms with Gasteiger partial charge in [-0.3, -0.25) is 4.79 Å². The van der Waals surface area contributed by atoms with Gasteiger partial charge in [0.25, 0.3) is 5.56 Å². The molecule has 112 valence electrons. The molecule has 1 N–H and O–H groups in total. The van der Waals surface area contributed by atoms with E-state index in [2.05, 4.69) is 22.2 Å². The van der Waals surface area contributed by atoms with Crippen molar-refractivity contribution < 1.29 is 0 Å². The Kier molecular flexibility index (Phi) is 5.09. The third kappa shape index (κ3) is 3.90. The van der Waals surface area contributed by atoms with E-state index in [0.29, 0.717) is 6.54 Å². The minimum Gasteiger partial charge on any atom is -0.370 e. The van der Waals surface area contributed by atoms with Crippen LogP contribution in [-0.4, -0.2) is 21.1 Å². The van der Waals surface area contributed by atoms with E-state index in [1.807, 2.05) is 19.9 Å². The molecular weight excluding hydrogens is 264 g/mol. The Labute approximate surface area is 125 Å². The minimum atomic E-state index is -0.00455. The average molecular weight is 286 g/mol. The summed E-state index contributed by atoms with van der Waals surface area (Å²) >= 11 is 0. The van der Waals surface area contributed by atoms with Crippen molar-refractivity contribution >= 4 is 5.82 Å². The monoisotopic (exact) mass is 286 g/mol. The van der Waals surface area contributed by atoms with Crippen molar-refractivity contribution in [3.8, 4) is 0 Å². The Balaban J connectivity index is 2.28. The number of rotatable bonds is 6. The highest BCUT2D eigenvalue weighted by molar-refractivity contribution is 5.43. The normalized spacial score (nSPS) is 10.6. The molecule has 0 spiro atoms. The van der Waals surface area contributed by atoms with E-state index in [9.17, 15) is 4.79 Å². The molecule has 2 heterocycles. The van der Waals surface area contributed by atoms with Gasteiger partial charge in [-0.2, -0.15) is 0 Å². The third-order valence-electron chi connectivity index (χ3n) is 3.40. The van der Waals surface area contributed by atoms with Crippen molar-refractivity contribution in [2.45, 2.75) is 40.2 Å². The van der Waals surface area contributed by atoms with Crippen LogP contribution in [0.15, 0.2) is 29.2 Å². The van der Waals surface area contributed by atoms with Crippen LogP contribution in [0.25, 0.3) is 0 Å². The lowest BCUT2D eigenvalue weighted by Gasteiger charge is -2.14. The molecule has 2 aromatic rings. The lowest BCUT2D eigenvalue weighted by atomic mass is 10.2. The molecule has 0 saturated carbocycles. The summed E-state index contributed by atoms with van der Waals surface area (Å²) in [4.78, 5) is 20.7. The molecule has 2 aromatic heterocycles. The maximum Gasteiger partial charge on any atom is 0.251 e. The SMILES string of the molecule is CCCCNc1nc(C)ncc1Cn1c(C)cccc1=O. The number of aryl methyl sites for hydroxylation is 2. The number of hydrogen-bond donors (Lipinski definition) is 1. The second-order valence-electron chi connectivity index (χ2n) is 5.16. The fourth-order valence-electron chi connectivity index (χ4n) is 2.14. The zero-order chi connectivity index (χ0) is 15.2. The van der Waals surface area contributed by atoms with Crippen LogP contribution in [0, 0.1) is 13.8 Å². The maximum atomic E-state index is 12.0. The van der Waals surface area contributed by atoms with Gasteiger partial charge in [0.1, 0.15) is 11.6 Å². The van der Waals surface area contributed by atoms with Crippen molar-refractivity contribution in [2.75, 3.05) is 11.9 Å². The Morgan fingerprint density at radius 3 is 2.81 bits per heavy atom. The quantitative estimate of drug-likeness (QED) is 0.829. The zero-order valence-corrected chi connectivity index (χ0v) is 12.9. The van der Waals surface area contributed by atoms with E-state index in [1.165, 1.54) is 0 Å². The molecule has 2 rings (SSSR count). The Morgan fingerprint density at radius 1 is 1.29 bits per heavy atom. The largest absolute Gasteiger partial charge is 0.370 e. The maximum absolute atomic E-state index is 12.0. The number of aromatic nitrogens is 3. The van der Waals surface area contributed by atoms with E-state index in [4.69, 9.17) is 0 Å². The minimum absolute atomic E-state index is 0.00455. The molecule has 0 radical (unpaired) electrons. The first-order valence-corrected chi connectivity index (χ1v) is 7.34. The second-order valence-corrected chi connectivity index (χ2v) is 5.16. The molecule has 0 amide bonds. The van der Waals surface area contributed by atoms with Crippen molar-refractivity contribution in [2.24, 2.45) is 0 Å². The van der Waals surface area contributed by atoms with Gasteiger partial charge in [0.2, 0.25) is 0 Å². The Hall–Kier alpha value is -2.17. The molecule has 21 heavy (non-hydrogen) atoms. The van der Waals surface area contributed by atoms with Crippen LogP contribution < -0.4 is 10.9 Å². The average Bonchev–Trinajstić information content (AvgIpc) is 2.45. The molecule has 0 aliphatic heterocycles. The molecule has 0 saturated heterocycles. The summed E-state index contributed by atoms with van der Waals surface area (Å²) in [6.45, 7) is 7.32. The Bertz CT molecular complexity index is 664. The van der Waals surface area contributed by atoms with Gasteiger partial charge in [-0.05, 0) is 26.3 Å². The summed E-state index contributed by atoms with van der Waals surface area (Å²) < 4.78 is 1.74. The number of pyridine rings is 1. The predicted octanol–water partition coefficient (Wildman–Crippen LogP) is 2.52. The van der Waals surface area contributed by atoms with Gasteiger partial charge in [-0.25, -0.2) is 9.97 Å². The van der Waals surface area contributed by atoms with E-state index in [0.717, 1.165) is 42.3 Å². The molecule has 0 aromatic carbocycles. The molecule has 5 nitrogen and oxygen atoms in total. The van der Waals surface area contributed by atoms with Gasteiger partial charge in [0.15, 0.2) is 0 Å². The lowest BCUT2D eigenvalue weighted by molar-refractivity contribution is 0.721. The summed E-state index contributed by atoms with van der Waals surface area (Å²) in [5.74, 6) is 1.56. The summed E-state index contributed by atoms with van der Waals surface area (Å²) in [5.41, 5.74) is 1.87.